The molecule has 1 aliphatic heterocycles. The second-order valence-corrected chi connectivity index (χ2v) is 10.8. The smallest absolute Gasteiger partial charge is 0.338 e. The van der Waals surface area contributed by atoms with Crippen LogP contribution < -0.4 is 5.32 Å². The van der Waals surface area contributed by atoms with Crippen LogP contribution in [-0.2, 0) is 19.6 Å². The molecule has 1 saturated heterocycles. The maximum absolute atomic E-state index is 12.6. The van der Waals surface area contributed by atoms with Crippen molar-refractivity contribution in [3.63, 3.8) is 0 Å². The van der Waals surface area contributed by atoms with Gasteiger partial charge in [0.15, 0.2) is 6.61 Å². The highest BCUT2D eigenvalue weighted by Gasteiger charge is 2.27. The number of carbonyl (C=O) groups excluding carboxylic acids is 2. The minimum Gasteiger partial charge on any atom is -0.452 e. The summed E-state index contributed by atoms with van der Waals surface area (Å²) >= 11 is 0. The number of hydrogen-bond acceptors (Lipinski definition) is 5. The molecular weight excluding hydrogens is 440 g/mol. The van der Waals surface area contributed by atoms with E-state index in [2.05, 4.69) is 33.0 Å². The maximum atomic E-state index is 12.6. The summed E-state index contributed by atoms with van der Waals surface area (Å²) in [5.41, 5.74) is 3.00. The van der Waals surface area contributed by atoms with Gasteiger partial charge in [-0.25, -0.2) is 13.2 Å². The van der Waals surface area contributed by atoms with Gasteiger partial charge in [-0.2, -0.15) is 4.31 Å². The Labute approximate surface area is 196 Å². The molecule has 2 aromatic rings. The number of anilines is 1. The van der Waals surface area contributed by atoms with Crippen molar-refractivity contribution < 1.29 is 22.7 Å². The molecule has 0 atom stereocenters. The van der Waals surface area contributed by atoms with Crippen LogP contribution >= 0.6 is 0 Å². The lowest BCUT2D eigenvalue weighted by Crippen LogP contribution is -2.27. The Balaban J connectivity index is 1.64. The molecule has 1 heterocycles. The van der Waals surface area contributed by atoms with Gasteiger partial charge in [-0.05, 0) is 60.1 Å². The second-order valence-electron chi connectivity index (χ2n) is 8.88. The van der Waals surface area contributed by atoms with E-state index in [1.807, 2.05) is 18.2 Å². The molecule has 8 heteroatoms. The predicted molar refractivity (Wildman–Crippen MR) is 128 cm³/mol. The highest BCUT2D eigenvalue weighted by atomic mass is 32.2. The zero-order valence-electron chi connectivity index (χ0n) is 19.6. The minimum atomic E-state index is -3.55. The average molecular weight is 473 g/mol. The van der Waals surface area contributed by atoms with Crippen molar-refractivity contribution in [3.05, 3.63) is 59.2 Å². The fourth-order valence-corrected chi connectivity index (χ4v) is 5.44. The maximum Gasteiger partial charge on any atom is 0.338 e. The van der Waals surface area contributed by atoms with E-state index in [-0.39, 0.29) is 22.3 Å². The number of esters is 1. The lowest BCUT2D eigenvalue weighted by atomic mass is 9.92. The summed E-state index contributed by atoms with van der Waals surface area (Å²) in [4.78, 5) is 25.1. The summed E-state index contributed by atoms with van der Waals surface area (Å²) in [6, 6.07) is 11.6. The van der Waals surface area contributed by atoms with E-state index < -0.39 is 28.5 Å². The summed E-state index contributed by atoms with van der Waals surface area (Å²) in [5.74, 6) is -0.670. The Morgan fingerprint density at radius 2 is 1.48 bits per heavy atom. The van der Waals surface area contributed by atoms with Gasteiger partial charge in [-0.15, -0.1) is 0 Å². The topological polar surface area (TPSA) is 92.8 Å². The Hall–Kier alpha value is -2.71. The zero-order valence-corrected chi connectivity index (χ0v) is 20.4. The van der Waals surface area contributed by atoms with Crippen LogP contribution in [0.5, 0.6) is 0 Å². The third-order valence-corrected chi connectivity index (χ3v) is 7.68. The zero-order chi connectivity index (χ0) is 24.2. The molecule has 0 bridgehead atoms. The van der Waals surface area contributed by atoms with E-state index in [0.717, 1.165) is 29.7 Å². The van der Waals surface area contributed by atoms with Crippen molar-refractivity contribution >= 4 is 27.6 Å². The van der Waals surface area contributed by atoms with Crippen LogP contribution in [-0.4, -0.2) is 44.3 Å². The van der Waals surface area contributed by atoms with Crippen LogP contribution in [0.4, 0.5) is 5.69 Å². The lowest BCUT2D eigenvalue weighted by molar-refractivity contribution is -0.119. The monoisotopic (exact) mass is 472 g/mol. The molecule has 0 spiro atoms. The molecule has 0 unspecified atom stereocenters. The Morgan fingerprint density at radius 3 is 2.00 bits per heavy atom. The van der Waals surface area contributed by atoms with Gasteiger partial charge in [0.05, 0.1) is 10.5 Å². The van der Waals surface area contributed by atoms with Crippen molar-refractivity contribution in [2.24, 2.45) is 0 Å². The first-order valence-electron chi connectivity index (χ1n) is 11.3. The first kappa shape index (κ1) is 24.9. The van der Waals surface area contributed by atoms with Crippen molar-refractivity contribution in [2.45, 2.75) is 57.3 Å². The number of ether oxygens (including phenoxy) is 1. The van der Waals surface area contributed by atoms with Gasteiger partial charge in [-0.3, -0.25) is 4.79 Å². The molecule has 0 radical (unpaired) electrons. The van der Waals surface area contributed by atoms with Crippen LogP contribution in [0.15, 0.2) is 47.4 Å². The van der Waals surface area contributed by atoms with Gasteiger partial charge in [-0.1, -0.05) is 45.9 Å². The third kappa shape index (κ3) is 5.81. The van der Waals surface area contributed by atoms with Crippen molar-refractivity contribution in [2.75, 3.05) is 25.0 Å². The number of para-hydroxylation sites is 1. The van der Waals surface area contributed by atoms with Gasteiger partial charge in [0.25, 0.3) is 5.91 Å². The standard InChI is InChI=1S/C25H32N2O5S/c1-17(2)21-8-7-9-22(18(3)4)24(21)26-23(28)16-32-25(29)19-10-12-20(13-11-19)33(30,31)27-14-5-6-15-27/h7-13,17-18H,5-6,14-16H2,1-4H3,(H,26,28). The van der Waals surface area contributed by atoms with E-state index in [0.29, 0.717) is 13.1 Å². The van der Waals surface area contributed by atoms with E-state index in [1.54, 1.807) is 0 Å². The van der Waals surface area contributed by atoms with E-state index >= 15 is 0 Å². The fourth-order valence-electron chi connectivity index (χ4n) is 3.93. The molecular formula is C25H32N2O5S. The number of nitrogens with one attached hydrogen (secondary N) is 1. The van der Waals surface area contributed by atoms with E-state index in [4.69, 9.17) is 4.74 Å². The third-order valence-electron chi connectivity index (χ3n) is 5.76. The molecule has 33 heavy (non-hydrogen) atoms. The Bertz CT molecular complexity index is 1080. The first-order chi connectivity index (χ1) is 15.6. The van der Waals surface area contributed by atoms with Crippen LogP contribution in [0.2, 0.25) is 0 Å². The number of hydrogen-bond donors (Lipinski definition) is 1. The van der Waals surface area contributed by atoms with Crippen molar-refractivity contribution in [3.8, 4) is 0 Å². The van der Waals surface area contributed by atoms with Gasteiger partial charge < -0.3 is 10.1 Å². The minimum absolute atomic E-state index is 0.144. The summed E-state index contributed by atoms with van der Waals surface area (Å²) in [7, 11) is -3.55. The Morgan fingerprint density at radius 1 is 0.939 bits per heavy atom. The van der Waals surface area contributed by atoms with Gasteiger partial charge in [0.1, 0.15) is 0 Å². The molecule has 0 aliphatic carbocycles. The summed E-state index contributed by atoms with van der Waals surface area (Å²) in [6.45, 7) is 8.83. The predicted octanol–water partition coefficient (Wildman–Crippen LogP) is 4.51. The molecule has 1 N–H and O–H groups in total. The molecule has 2 aromatic carbocycles. The fraction of sp³-hybridized carbons (Fsp3) is 0.440. The van der Waals surface area contributed by atoms with Gasteiger partial charge >= 0.3 is 5.97 Å². The molecule has 1 fully saturated rings. The molecule has 0 saturated carbocycles. The lowest BCUT2D eigenvalue weighted by Gasteiger charge is -2.20. The number of nitrogens with zero attached hydrogens (tertiary/aromatic N) is 1. The number of benzene rings is 2. The normalized spacial score (nSPS) is 14.6. The summed E-state index contributed by atoms with van der Waals surface area (Å²) in [5, 5.41) is 2.91. The molecule has 0 aromatic heterocycles. The van der Waals surface area contributed by atoms with Gasteiger partial charge in [0, 0.05) is 18.8 Å². The first-order valence-corrected chi connectivity index (χ1v) is 12.7. The van der Waals surface area contributed by atoms with Crippen LogP contribution in [0.25, 0.3) is 0 Å². The van der Waals surface area contributed by atoms with E-state index in [1.165, 1.54) is 28.6 Å². The number of carbonyl (C=O) groups is 2. The molecule has 3 rings (SSSR count). The van der Waals surface area contributed by atoms with Crippen molar-refractivity contribution in [1.82, 2.24) is 4.31 Å². The van der Waals surface area contributed by atoms with Crippen molar-refractivity contribution in [1.29, 1.82) is 0 Å². The van der Waals surface area contributed by atoms with Crippen LogP contribution in [0.1, 0.15) is 73.9 Å². The largest absolute Gasteiger partial charge is 0.452 e. The average Bonchev–Trinajstić information content (AvgIpc) is 3.33. The van der Waals surface area contributed by atoms with E-state index in [9.17, 15) is 18.0 Å². The number of sulfonamides is 1. The second kappa shape index (κ2) is 10.5. The molecule has 1 aliphatic rings. The SMILES string of the molecule is CC(C)c1cccc(C(C)C)c1NC(=O)COC(=O)c1ccc(S(=O)(=O)N2CCCC2)cc1. The molecule has 7 nitrogen and oxygen atoms in total. The quantitative estimate of drug-likeness (QED) is 0.571. The molecule has 1 amide bonds. The molecule has 178 valence electrons. The number of amides is 1. The Kier molecular flexibility index (Phi) is 7.92. The van der Waals surface area contributed by atoms with Crippen LogP contribution in [0, 0.1) is 0 Å². The van der Waals surface area contributed by atoms with Gasteiger partial charge in [0.2, 0.25) is 10.0 Å². The van der Waals surface area contributed by atoms with Crippen LogP contribution in [0.3, 0.4) is 0 Å². The highest BCUT2D eigenvalue weighted by molar-refractivity contribution is 7.89. The highest BCUT2D eigenvalue weighted by Crippen LogP contribution is 2.32. The summed E-state index contributed by atoms with van der Waals surface area (Å²) < 4.78 is 31.9. The number of rotatable bonds is 8. The summed E-state index contributed by atoms with van der Waals surface area (Å²) in [6.07, 6.45) is 1.71.